The highest BCUT2D eigenvalue weighted by Gasteiger charge is 2.31. The molecule has 0 aromatic heterocycles. The Morgan fingerprint density at radius 2 is 2.00 bits per heavy atom. The van der Waals surface area contributed by atoms with Gasteiger partial charge in [0.25, 0.3) is 0 Å². The molecule has 3 nitrogen and oxygen atoms in total. The van der Waals surface area contributed by atoms with Crippen LogP contribution in [-0.2, 0) is 0 Å². The molecule has 4 N–H and O–H groups in total. The van der Waals surface area contributed by atoms with Gasteiger partial charge in [0.05, 0.1) is 0 Å². The third-order valence-corrected chi connectivity index (χ3v) is 3.75. The molecule has 0 aromatic carbocycles. The zero-order valence-electron chi connectivity index (χ0n) is 5.26. The van der Waals surface area contributed by atoms with Crippen LogP contribution in [0.4, 0.5) is 0 Å². The first kappa shape index (κ1) is 8.10. The van der Waals surface area contributed by atoms with Gasteiger partial charge in [0.1, 0.15) is 0 Å². The van der Waals surface area contributed by atoms with E-state index in [1.807, 2.05) is 0 Å². The van der Waals surface area contributed by atoms with Crippen molar-refractivity contribution in [3.8, 4) is 0 Å². The van der Waals surface area contributed by atoms with Crippen LogP contribution < -0.4 is 5.73 Å². The van der Waals surface area contributed by atoms with Crippen molar-refractivity contribution in [1.29, 1.82) is 0 Å². The number of rotatable bonds is 2. The zero-order valence-corrected chi connectivity index (χ0v) is 6.26. The molecule has 0 bridgehead atoms. The average Bonchev–Trinajstić information content (AvgIpc) is 1.67. The molecule has 0 aliphatic rings. The van der Waals surface area contributed by atoms with Crippen LogP contribution in [0.5, 0.6) is 0 Å². The number of hydrogen-bond donors (Lipinski definition) is 3. The van der Waals surface area contributed by atoms with Gasteiger partial charge < -0.3 is 15.3 Å². The van der Waals surface area contributed by atoms with Gasteiger partial charge in [0.2, 0.25) is 0 Å². The van der Waals surface area contributed by atoms with E-state index in [0.717, 1.165) is 0 Å². The van der Waals surface area contributed by atoms with E-state index in [0.29, 0.717) is 6.04 Å². The van der Waals surface area contributed by atoms with E-state index >= 15 is 0 Å². The summed E-state index contributed by atoms with van der Waals surface area (Å²) in [4.78, 5) is 17.9. The predicted octanol–water partition coefficient (Wildman–Crippen LogP) is -0.681. The number of nitrogens with two attached hydrogens (primary N) is 1. The van der Waals surface area contributed by atoms with E-state index in [2.05, 4.69) is 0 Å². The molecule has 0 fully saturated rings. The van der Waals surface area contributed by atoms with Crippen molar-refractivity contribution in [2.24, 2.45) is 5.73 Å². The van der Waals surface area contributed by atoms with Crippen LogP contribution in [0.15, 0.2) is 0 Å². The van der Waals surface area contributed by atoms with Crippen molar-refractivity contribution in [3.63, 3.8) is 0 Å². The third kappa shape index (κ3) is 1.91. The zero-order chi connectivity index (χ0) is 6.78. The summed E-state index contributed by atoms with van der Waals surface area (Å²) in [7, 11) is -2.98. The molecule has 4 heteroatoms. The van der Waals surface area contributed by atoms with Crippen LogP contribution in [0, 0.1) is 0 Å². The van der Waals surface area contributed by atoms with Crippen molar-refractivity contribution in [3.05, 3.63) is 0 Å². The predicted molar refractivity (Wildman–Crippen MR) is 34.3 cm³/mol. The fraction of sp³-hybridized carbons (Fsp3) is 1.00. The van der Waals surface area contributed by atoms with Gasteiger partial charge in [0, 0.05) is 5.67 Å². The Kier molecular flexibility index (Phi) is 2.62. The lowest BCUT2D eigenvalue weighted by Crippen LogP contribution is -2.51. The maximum absolute atomic E-state index is 8.97. The van der Waals surface area contributed by atoms with E-state index in [-0.39, 0.29) is 0 Å². The monoisotopic (exact) mass is 135 g/mol. The summed E-state index contributed by atoms with van der Waals surface area (Å²) in [5.41, 5.74) is 4.80. The summed E-state index contributed by atoms with van der Waals surface area (Å²) in [6.45, 7) is 3.35. The maximum Gasteiger partial charge on any atom is 0.349 e. The van der Waals surface area contributed by atoms with E-state index in [1.165, 1.54) is 0 Å². The molecular weight excluding hydrogens is 122 g/mol. The van der Waals surface area contributed by atoms with E-state index in [1.54, 1.807) is 13.8 Å². The molecule has 0 aliphatic carbocycles. The van der Waals surface area contributed by atoms with Gasteiger partial charge in [0.15, 0.2) is 0 Å². The molecule has 0 amide bonds. The highest BCUT2D eigenvalue weighted by atomic mass is 28.4. The lowest BCUT2D eigenvalue weighted by molar-refractivity contribution is 0.345. The fourth-order valence-corrected chi connectivity index (χ4v) is 0.966. The first-order valence-electron chi connectivity index (χ1n) is 2.71. The van der Waals surface area contributed by atoms with Crippen LogP contribution in [0.2, 0.25) is 6.04 Å². The summed E-state index contributed by atoms with van der Waals surface area (Å²) in [6, 6.07) is 0.407. The van der Waals surface area contributed by atoms with Crippen molar-refractivity contribution in [2.45, 2.75) is 25.6 Å². The molecule has 0 heterocycles. The molecular formula is C4H13NO2Si. The molecule has 1 unspecified atom stereocenters. The van der Waals surface area contributed by atoms with Gasteiger partial charge in [-0.3, -0.25) is 0 Å². The Morgan fingerprint density at radius 3 is 2.00 bits per heavy atom. The minimum Gasteiger partial charge on any atom is -0.410 e. The first-order valence-corrected chi connectivity index (χ1v) is 4.89. The molecule has 1 atom stereocenters. The molecule has 0 aliphatic heterocycles. The summed E-state index contributed by atoms with van der Waals surface area (Å²) in [5.74, 6) is 0. The maximum atomic E-state index is 8.97. The average molecular weight is 135 g/mol. The van der Waals surface area contributed by atoms with Crippen LogP contribution in [0.25, 0.3) is 0 Å². The molecule has 0 rings (SSSR count). The molecule has 0 saturated carbocycles. The largest absolute Gasteiger partial charge is 0.410 e. The number of hydrogen-bond acceptors (Lipinski definition) is 3. The van der Waals surface area contributed by atoms with Gasteiger partial charge in [-0.05, 0) is 13.0 Å². The lowest BCUT2D eigenvalue weighted by atomic mass is 10.8. The Balaban J connectivity index is 3.71. The molecule has 0 spiro atoms. The first-order chi connectivity index (χ1) is 3.50. The van der Waals surface area contributed by atoms with E-state index in [9.17, 15) is 0 Å². The standard InChI is InChI=1S/C4H13NO2Si/c1-3-8(6,7)4(2)5/h4,6-7H,3,5H2,1-2H3. The second kappa shape index (κ2) is 2.59. The minimum absolute atomic E-state index is 0.407. The van der Waals surface area contributed by atoms with Gasteiger partial charge in [-0.1, -0.05) is 6.92 Å². The lowest BCUT2D eigenvalue weighted by Gasteiger charge is -2.18. The fourth-order valence-electron chi connectivity index (χ4n) is 0.322. The molecule has 0 aromatic rings. The summed E-state index contributed by atoms with van der Waals surface area (Å²) in [6.07, 6.45) is 0. The van der Waals surface area contributed by atoms with Crippen molar-refractivity contribution in [1.82, 2.24) is 0 Å². The van der Waals surface area contributed by atoms with Crippen molar-refractivity contribution < 1.29 is 9.59 Å². The molecule has 0 saturated heterocycles. The van der Waals surface area contributed by atoms with Gasteiger partial charge in [-0.15, -0.1) is 0 Å². The van der Waals surface area contributed by atoms with Gasteiger partial charge in [-0.25, -0.2) is 0 Å². The van der Waals surface area contributed by atoms with E-state index < -0.39 is 14.2 Å². The van der Waals surface area contributed by atoms with Crippen molar-refractivity contribution >= 4 is 8.56 Å². The van der Waals surface area contributed by atoms with Crippen LogP contribution in [-0.4, -0.2) is 23.8 Å². The summed E-state index contributed by atoms with van der Waals surface area (Å²) >= 11 is 0. The molecule has 50 valence electrons. The minimum atomic E-state index is -2.98. The second-order valence-electron chi connectivity index (χ2n) is 2.02. The topological polar surface area (TPSA) is 66.5 Å². The summed E-state index contributed by atoms with van der Waals surface area (Å²) in [5, 5.41) is 0. The Bertz CT molecular complexity index is 74.4. The molecule has 8 heavy (non-hydrogen) atoms. The quantitative estimate of drug-likeness (QED) is 0.439. The Labute approximate surface area is 50.4 Å². The van der Waals surface area contributed by atoms with Crippen LogP contribution in [0.3, 0.4) is 0 Å². The highest BCUT2D eigenvalue weighted by Crippen LogP contribution is 2.02. The third-order valence-electron chi connectivity index (χ3n) is 1.25. The smallest absolute Gasteiger partial charge is 0.349 e. The SMILES string of the molecule is CC[Si](O)(O)C(C)N. The normalized spacial score (nSPS) is 16.1. The van der Waals surface area contributed by atoms with Gasteiger partial charge >= 0.3 is 8.56 Å². The molecule has 0 radical (unpaired) electrons. The van der Waals surface area contributed by atoms with Crippen LogP contribution in [0.1, 0.15) is 13.8 Å². The summed E-state index contributed by atoms with van der Waals surface area (Å²) < 4.78 is 0. The Hall–Kier alpha value is 0.0969. The van der Waals surface area contributed by atoms with Crippen molar-refractivity contribution in [2.75, 3.05) is 0 Å². The highest BCUT2D eigenvalue weighted by molar-refractivity contribution is 6.66. The van der Waals surface area contributed by atoms with Crippen LogP contribution >= 0.6 is 0 Å². The Morgan fingerprint density at radius 1 is 1.62 bits per heavy atom. The second-order valence-corrected chi connectivity index (χ2v) is 5.40. The van der Waals surface area contributed by atoms with E-state index in [4.69, 9.17) is 15.3 Å². The van der Waals surface area contributed by atoms with Gasteiger partial charge in [-0.2, -0.15) is 0 Å².